The van der Waals surface area contributed by atoms with Gasteiger partial charge < -0.3 is 18.1 Å². The minimum Gasteiger partial charge on any atom is -0.337 e. The number of benzene rings is 4. The van der Waals surface area contributed by atoms with Crippen LogP contribution >= 0.6 is 16.8 Å². The van der Waals surface area contributed by atoms with Crippen LogP contribution in [0.5, 0.6) is 0 Å². The van der Waals surface area contributed by atoms with Crippen molar-refractivity contribution in [1.29, 1.82) is 0 Å². The Morgan fingerprint density at radius 1 is 0.655 bits per heavy atom. The van der Waals surface area contributed by atoms with Crippen LogP contribution in [0.4, 0.5) is 0 Å². The molecule has 0 saturated carbocycles. The van der Waals surface area contributed by atoms with E-state index in [-0.39, 0.29) is 10.8 Å². The second-order valence-corrected chi connectivity index (χ2v) is 19.1. The number of hydrogen-bond acceptors (Lipinski definition) is 4. The molecule has 1 unspecified atom stereocenters. The van der Waals surface area contributed by atoms with E-state index >= 15 is 0 Å². The van der Waals surface area contributed by atoms with Gasteiger partial charge in [0.15, 0.2) is 16.8 Å². The van der Waals surface area contributed by atoms with Gasteiger partial charge in [0, 0.05) is 30.3 Å². The lowest BCUT2D eigenvalue weighted by molar-refractivity contribution is 0.268. The molecule has 0 saturated heterocycles. The Hall–Kier alpha value is -3.98. The second kappa shape index (κ2) is 18.5. The lowest BCUT2D eigenvalue weighted by Gasteiger charge is -2.24. The highest BCUT2D eigenvalue weighted by Gasteiger charge is 2.39. The SMILES string of the molecule is C=C/C(=C\C=C(/C)CP(OC)OCC)C(=C)/C=C1\C(=C)c2ccc(-c3ccc4c(c3)C(C)(C)c3cc(-c5ccc(CP(OCC)OCC)cc5)ccc3-4)cc2C1(C)C. The minimum absolute atomic E-state index is 0.151. The van der Waals surface area contributed by atoms with Crippen LogP contribution in [-0.2, 0) is 35.1 Å². The molecule has 6 heteroatoms. The van der Waals surface area contributed by atoms with Gasteiger partial charge in [0.2, 0.25) is 0 Å². The van der Waals surface area contributed by atoms with Crippen molar-refractivity contribution in [1.82, 2.24) is 0 Å². The Bertz CT molecular complexity index is 2280. The number of hydrogen-bond donors (Lipinski definition) is 0. The van der Waals surface area contributed by atoms with Gasteiger partial charge >= 0.3 is 0 Å². The van der Waals surface area contributed by atoms with Gasteiger partial charge in [-0.25, -0.2) is 0 Å². The maximum Gasteiger partial charge on any atom is 0.175 e. The van der Waals surface area contributed by atoms with E-state index < -0.39 is 16.8 Å². The minimum atomic E-state index is -0.931. The second-order valence-electron chi connectivity index (χ2n) is 16.0. The Labute approximate surface area is 350 Å². The van der Waals surface area contributed by atoms with Crippen molar-refractivity contribution in [3.05, 3.63) is 173 Å². The average Bonchev–Trinajstić information content (AvgIpc) is 3.55. The molecule has 0 spiro atoms. The van der Waals surface area contributed by atoms with Gasteiger partial charge in [0.25, 0.3) is 0 Å². The third-order valence-corrected chi connectivity index (χ3v) is 14.9. The lowest BCUT2D eigenvalue weighted by atomic mass is 9.79. The van der Waals surface area contributed by atoms with E-state index in [9.17, 15) is 0 Å². The molecule has 58 heavy (non-hydrogen) atoms. The molecule has 2 aliphatic rings. The summed E-state index contributed by atoms with van der Waals surface area (Å²) in [6.45, 7) is 32.6. The van der Waals surface area contributed by atoms with Crippen molar-refractivity contribution in [2.24, 2.45) is 0 Å². The highest BCUT2D eigenvalue weighted by molar-refractivity contribution is 7.47. The van der Waals surface area contributed by atoms with E-state index in [1.807, 2.05) is 26.8 Å². The smallest absolute Gasteiger partial charge is 0.175 e. The number of allylic oxidation sites excluding steroid dienone is 9. The highest BCUT2D eigenvalue weighted by atomic mass is 31.2. The lowest BCUT2D eigenvalue weighted by Crippen LogP contribution is -2.16. The summed E-state index contributed by atoms with van der Waals surface area (Å²) >= 11 is 0. The Kier molecular flexibility index (Phi) is 13.9. The largest absolute Gasteiger partial charge is 0.337 e. The van der Waals surface area contributed by atoms with Crippen LogP contribution in [0.2, 0.25) is 0 Å². The zero-order chi connectivity index (χ0) is 41.8. The molecule has 1 atom stereocenters. The molecule has 0 N–H and O–H groups in total. The van der Waals surface area contributed by atoms with E-state index in [2.05, 4.69) is 151 Å². The molecule has 0 amide bonds. The first-order chi connectivity index (χ1) is 27.8. The van der Waals surface area contributed by atoms with Crippen molar-refractivity contribution in [2.45, 2.75) is 72.4 Å². The van der Waals surface area contributed by atoms with Gasteiger partial charge in [-0.1, -0.05) is 138 Å². The Morgan fingerprint density at radius 2 is 1.14 bits per heavy atom. The van der Waals surface area contributed by atoms with Crippen molar-refractivity contribution in [3.8, 4) is 33.4 Å². The van der Waals surface area contributed by atoms with E-state index in [4.69, 9.17) is 18.1 Å². The fourth-order valence-corrected chi connectivity index (χ4v) is 10.7. The maximum absolute atomic E-state index is 5.85. The molecule has 2 aliphatic carbocycles. The molecule has 0 heterocycles. The third kappa shape index (κ3) is 8.95. The highest BCUT2D eigenvalue weighted by Crippen LogP contribution is 2.53. The van der Waals surface area contributed by atoms with E-state index in [0.29, 0.717) is 19.8 Å². The van der Waals surface area contributed by atoms with Crippen LogP contribution < -0.4 is 0 Å². The fourth-order valence-electron chi connectivity index (χ4n) is 8.26. The Morgan fingerprint density at radius 3 is 1.66 bits per heavy atom. The molecular formula is C52H60O4P2. The van der Waals surface area contributed by atoms with E-state index in [0.717, 1.165) is 29.0 Å². The molecule has 0 radical (unpaired) electrons. The number of fused-ring (bicyclic) bond motifs is 4. The fraction of sp³-hybridized carbons (Fsp3) is 0.308. The molecular weight excluding hydrogens is 751 g/mol. The molecule has 0 aromatic heterocycles. The maximum atomic E-state index is 5.85. The van der Waals surface area contributed by atoms with Crippen molar-refractivity contribution < 1.29 is 18.1 Å². The first kappa shape index (κ1) is 43.6. The third-order valence-electron chi connectivity index (χ3n) is 11.5. The first-order valence-electron chi connectivity index (χ1n) is 20.4. The number of rotatable bonds is 17. The van der Waals surface area contributed by atoms with Crippen LogP contribution in [0.3, 0.4) is 0 Å². The topological polar surface area (TPSA) is 36.9 Å². The zero-order valence-electron chi connectivity index (χ0n) is 36.0. The summed E-state index contributed by atoms with van der Waals surface area (Å²) < 4.78 is 23.0. The van der Waals surface area contributed by atoms with Crippen LogP contribution in [0, 0.1) is 0 Å². The van der Waals surface area contributed by atoms with Crippen LogP contribution in [-0.4, -0.2) is 33.1 Å². The molecule has 4 nitrogen and oxygen atoms in total. The van der Waals surface area contributed by atoms with Gasteiger partial charge in [0.05, 0.1) is 19.8 Å². The summed E-state index contributed by atoms with van der Waals surface area (Å²) in [5.41, 5.74) is 18.8. The Balaban J connectivity index is 1.24. The van der Waals surface area contributed by atoms with Crippen LogP contribution in [0.25, 0.3) is 39.0 Å². The molecule has 0 fully saturated rings. The summed E-state index contributed by atoms with van der Waals surface area (Å²) in [7, 11) is -0.133. The zero-order valence-corrected chi connectivity index (χ0v) is 37.8. The average molecular weight is 811 g/mol. The molecule has 6 rings (SSSR count). The molecule has 0 aliphatic heterocycles. The first-order valence-corrected chi connectivity index (χ1v) is 23.1. The van der Waals surface area contributed by atoms with Crippen molar-refractivity contribution in [3.63, 3.8) is 0 Å². The predicted octanol–water partition coefficient (Wildman–Crippen LogP) is 15.1. The quantitative estimate of drug-likeness (QED) is 0.0786. The molecule has 0 bridgehead atoms. The van der Waals surface area contributed by atoms with Gasteiger partial charge in [-0.2, -0.15) is 0 Å². The van der Waals surface area contributed by atoms with Gasteiger partial charge in [-0.15, -0.1) is 0 Å². The van der Waals surface area contributed by atoms with Crippen molar-refractivity contribution >= 4 is 22.3 Å². The summed E-state index contributed by atoms with van der Waals surface area (Å²) in [6, 6.07) is 29.8. The summed E-state index contributed by atoms with van der Waals surface area (Å²) in [5, 5.41) is 0. The van der Waals surface area contributed by atoms with Crippen molar-refractivity contribution in [2.75, 3.05) is 33.1 Å². The van der Waals surface area contributed by atoms with Crippen LogP contribution in [0.15, 0.2) is 145 Å². The van der Waals surface area contributed by atoms with Crippen LogP contribution in [0.1, 0.15) is 83.2 Å². The summed E-state index contributed by atoms with van der Waals surface area (Å²) in [5.74, 6) is 0. The molecule has 4 aromatic carbocycles. The van der Waals surface area contributed by atoms with E-state index in [1.165, 1.54) is 72.3 Å². The normalized spacial score (nSPS) is 16.7. The summed E-state index contributed by atoms with van der Waals surface area (Å²) in [6.07, 6.45) is 9.82. The van der Waals surface area contributed by atoms with Gasteiger partial charge in [-0.05, 0) is 129 Å². The molecule has 4 aromatic rings. The van der Waals surface area contributed by atoms with E-state index in [1.54, 1.807) is 7.11 Å². The van der Waals surface area contributed by atoms with Gasteiger partial charge in [0.1, 0.15) is 0 Å². The monoisotopic (exact) mass is 810 g/mol. The predicted molar refractivity (Wildman–Crippen MR) is 250 cm³/mol. The van der Waals surface area contributed by atoms with Gasteiger partial charge in [-0.3, -0.25) is 0 Å². The summed E-state index contributed by atoms with van der Waals surface area (Å²) in [4.78, 5) is 0. The molecule has 302 valence electrons. The standard InChI is InChI=1S/C52H60O4P2/c1-13-39(20-17-35(5)33-57(53-12)54-14-2)36(6)29-47-37(7)44-26-23-42(31-48(44)51(47,8)9)43-25-28-46-45-27-24-41(30-49(45)52(10,11)50(46)32-43)40-21-18-38(19-22-40)34-58(55-15-3)56-16-4/h13,17-32H,1,6-7,14-16,33-34H2,2-5,8-12H3/b35-17+,39-20+,47-29+.